The van der Waals surface area contributed by atoms with Crippen LogP contribution in [0, 0.1) is 0 Å². The molecule has 0 aliphatic heterocycles. The topological polar surface area (TPSA) is 64.2 Å². The Morgan fingerprint density at radius 2 is 2.05 bits per heavy atom. The molecule has 1 aromatic carbocycles. The molecule has 0 amide bonds. The molecule has 0 spiro atoms. The molecule has 0 aliphatic rings. The molecular weight excluding hydrogens is 336 g/mol. The monoisotopic (exact) mass is 352 g/mol. The molecule has 0 aliphatic carbocycles. The Bertz CT molecular complexity index is 698. The molecule has 0 atom stereocenters. The highest BCUT2D eigenvalue weighted by molar-refractivity contribution is 9.10. The zero-order valence-corrected chi connectivity index (χ0v) is 13.8. The average molecular weight is 353 g/mol. The predicted octanol–water partition coefficient (Wildman–Crippen LogP) is 3.17. The van der Waals surface area contributed by atoms with Crippen LogP contribution in [0.15, 0.2) is 27.5 Å². The number of aromatic amines is 1. The molecule has 1 N–H and O–H groups in total. The van der Waals surface area contributed by atoms with Crippen LogP contribution in [0.25, 0.3) is 11.4 Å². The van der Waals surface area contributed by atoms with E-state index in [1.807, 2.05) is 19.1 Å². The first-order valence-electron chi connectivity index (χ1n) is 6.62. The van der Waals surface area contributed by atoms with Gasteiger partial charge in [0.2, 0.25) is 0 Å². The summed E-state index contributed by atoms with van der Waals surface area (Å²) in [6.07, 6.45) is 1.63. The second-order valence-electron chi connectivity index (χ2n) is 4.47. The maximum atomic E-state index is 12.0. The van der Waals surface area contributed by atoms with E-state index in [-0.39, 0.29) is 5.56 Å². The van der Waals surface area contributed by atoms with E-state index in [1.165, 1.54) is 0 Å². The molecule has 0 bridgehead atoms. The third-order valence-electron chi connectivity index (χ3n) is 3.08. The van der Waals surface area contributed by atoms with E-state index >= 15 is 0 Å². The number of para-hydroxylation sites is 1. The van der Waals surface area contributed by atoms with Gasteiger partial charge in [0.15, 0.2) is 11.5 Å². The lowest BCUT2D eigenvalue weighted by molar-refractivity contribution is 0.356. The van der Waals surface area contributed by atoms with E-state index in [0.29, 0.717) is 27.4 Å². The molecule has 0 unspecified atom stereocenters. The van der Waals surface area contributed by atoms with Gasteiger partial charge in [-0.1, -0.05) is 19.4 Å². The van der Waals surface area contributed by atoms with Crippen LogP contribution in [0.2, 0.25) is 0 Å². The number of hydrogen-bond acceptors (Lipinski definition) is 4. The van der Waals surface area contributed by atoms with Crippen molar-refractivity contribution in [2.45, 2.75) is 19.8 Å². The molecule has 0 fully saturated rings. The zero-order valence-electron chi connectivity index (χ0n) is 12.2. The second kappa shape index (κ2) is 6.76. The summed E-state index contributed by atoms with van der Waals surface area (Å²) in [5, 5.41) is 0. The fourth-order valence-corrected chi connectivity index (χ4v) is 2.50. The van der Waals surface area contributed by atoms with Crippen LogP contribution in [0.5, 0.6) is 11.5 Å². The quantitative estimate of drug-likeness (QED) is 0.897. The molecule has 2 aromatic rings. The van der Waals surface area contributed by atoms with E-state index in [2.05, 4.69) is 25.9 Å². The summed E-state index contributed by atoms with van der Waals surface area (Å²) < 4.78 is 11.2. The molecule has 5 nitrogen and oxygen atoms in total. The van der Waals surface area contributed by atoms with Gasteiger partial charge in [-0.05, 0) is 34.5 Å². The minimum atomic E-state index is -0.201. The number of aryl methyl sites for hydroxylation is 1. The lowest BCUT2D eigenvalue weighted by atomic mass is 10.1. The third kappa shape index (κ3) is 3.10. The Kier molecular flexibility index (Phi) is 5.01. The summed E-state index contributed by atoms with van der Waals surface area (Å²) in [4.78, 5) is 19.4. The zero-order chi connectivity index (χ0) is 15.4. The highest BCUT2D eigenvalue weighted by Gasteiger charge is 2.16. The molecule has 1 aromatic heterocycles. The number of nitrogens with zero attached hydrogens (tertiary/aromatic N) is 1. The van der Waals surface area contributed by atoms with Crippen molar-refractivity contribution in [1.82, 2.24) is 9.97 Å². The van der Waals surface area contributed by atoms with Crippen LogP contribution in [0.3, 0.4) is 0 Å². The van der Waals surface area contributed by atoms with Gasteiger partial charge in [-0.25, -0.2) is 4.98 Å². The van der Waals surface area contributed by atoms with Crippen molar-refractivity contribution in [3.05, 3.63) is 38.7 Å². The van der Waals surface area contributed by atoms with Crippen molar-refractivity contribution in [2.75, 3.05) is 14.2 Å². The molecule has 0 radical (unpaired) electrons. The van der Waals surface area contributed by atoms with Gasteiger partial charge in [-0.2, -0.15) is 0 Å². The molecule has 6 heteroatoms. The number of H-pyrrole nitrogens is 1. The van der Waals surface area contributed by atoms with Crippen LogP contribution < -0.4 is 15.0 Å². The van der Waals surface area contributed by atoms with Crippen molar-refractivity contribution >= 4 is 15.9 Å². The normalized spacial score (nSPS) is 10.5. The van der Waals surface area contributed by atoms with Crippen molar-refractivity contribution in [1.29, 1.82) is 0 Å². The van der Waals surface area contributed by atoms with Gasteiger partial charge in [0, 0.05) is 0 Å². The molecule has 0 saturated heterocycles. The first kappa shape index (κ1) is 15.6. The maximum Gasteiger partial charge on any atom is 0.265 e. The third-order valence-corrected chi connectivity index (χ3v) is 3.89. The van der Waals surface area contributed by atoms with E-state index in [4.69, 9.17) is 9.47 Å². The Balaban J connectivity index is 2.64. The molecule has 2 rings (SSSR count). The Morgan fingerprint density at radius 3 is 2.67 bits per heavy atom. The summed E-state index contributed by atoms with van der Waals surface area (Å²) >= 11 is 3.29. The highest BCUT2D eigenvalue weighted by atomic mass is 79.9. The number of rotatable bonds is 5. The SMILES string of the molecule is CCCc1nc(-c2cccc(OC)c2OC)[nH]c(=O)c1Br. The van der Waals surface area contributed by atoms with Crippen LogP contribution in [0.1, 0.15) is 19.0 Å². The number of halogens is 1. The van der Waals surface area contributed by atoms with E-state index in [0.717, 1.165) is 18.5 Å². The van der Waals surface area contributed by atoms with Gasteiger partial charge in [-0.15, -0.1) is 0 Å². The van der Waals surface area contributed by atoms with E-state index < -0.39 is 0 Å². The molecule has 0 saturated carbocycles. The molecule has 21 heavy (non-hydrogen) atoms. The number of benzene rings is 1. The standard InChI is InChI=1S/C15H17BrN2O3/c1-4-6-10-12(16)15(19)18-14(17-10)9-7-5-8-11(20-2)13(9)21-3/h5,7-8H,4,6H2,1-3H3,(H,17,18,19). The number of nitrogens with one attached hydrogen (secondary N) is 1. The minimum Gasteiger partial charge on any atom is -0.493 e. The summed E-state index contributed by atoms with van der Waals surface area (Å²) in [6, 6.07) is 5.47. The molecular formula is C15H17BrN2O3. The highest BCUT2D eigenvalue weighted by Crippen LogP contribution is 2.36. The number of aromatic nitrogens is 2. The van der Waals surface area contributed by atoms with Crippen LogP contribution in [-0.2, 0) is 6.42 Å². The van der Waals surface area contributed by atoms with Crippen LogP contribution in [0.4, 0.5) is 0 Å². The van der Waals surface area contributed by atoms with Gasteiger partial charge in [0.1, 0.15) is 10.3 Å². The molecule has 112 valence electrons. The Hall–Kier alpha value is -1.82. The van der Waals surface area contributed by atoms with Crippen molar-refractivity contribution in [3.63, 3.8) is 0 Å². The van der Waals surface area contributed by atoms with Crippen molar-refractivity contribution in [3.8, 4) is 22.9 Å². The fraction of sp³-hybridized carbons (Fsp3) is 0.333. The first-order chi connectivity index (χ1) is 10.1. The van der Waals surface area contributed by atoms with E-state index in [1.54, 1.807) is 20.3 Å². The van der Waals surface area contributed by atoms with Gasteiger partial charge in [-0.3, -0.25) is 4.79 Å². The van der Waals surface area contributed by atoms with Crippen LogP contribution >= 0.6 is 15.9 Å². The van der Waals surface area contributed by atoms with Gasteiger partial charge in [0.25, 0.3) is 5.56 Å². The lowest BCUT2D eigenvalue weighted by Crippen LogP contribution is -2.14. The van der Waals surface area contributed by atoms with Gasteiger partial charge >= 0.3 is 0 Å². The summed E-state index contributed by atoms with van der Waals surface area (Å²) in [6.45, 7) is 2.04. The average Bonchev–Trinajstić information content (AvgIpc) is 2.50. The summed E-state index contributed by atoms with van der Waals surface area (Å²) in [7, 11) is 3.13. The largest absolute Gasteiger partial charge is 0.493 e. The molecule has 1 heterocycles. The number of methoxy groups -OCH3 is 2. The predicted molar refractivity (Wildman–Crippen MR) is 85.1 cm³/mol. The van der Waals surface area contributed by atoms with Gasteiger partial charge < -0.3 is 14.5 Å². The van der Waals surface area contributed by atoms with E-state index in [9.17, 15) is 4.79 Å². The Labute approximate surface area is 131 Å². The fourth-order valence-electron chi connectivity index (χ4n) is 2.11. The van der Waals surface area contributed by atoms with Crippen molar-refractivity contribution in [2.24, 2.45) is 0 Å². The lowest BCUT2D eigenvalue weighted by Gasteiger charge is -2.13. The first-order valence-corrected chi connectivity index (χ1v) is 7.41. The van der Waals surface area contributed by atoms with Crippen LogP contribution in [-0.4, -0.2) is 24.2 Å². The second-order valence-corrected chi connectivity index (χ2v) is 5.26. The summed E-state index contributed by atoms with van der Waals surface area (Å²) in [5.74, 6) is 1.62. The van der Waals surface area contributed by atoms with Gasteiger partial charge in [0.05, 0.1) is 25.5 Å². The maximum absolute atomic E-state index is 12.0. The Morgan fingerprint density at radius 1 is 1.29 bits per heavy atom. The summed E-state index contributed by atoms with van der Waals surface area (Å²) in [5.41, 5.74) is 1.23. The van der Waals surface area contributed by atoms with Crippen molar-refractivity contribution < 1.29 is 9.47 Å². The number of ether oxygens (including phenoxy) is 2. The minimum absolute atomic E-state index is 0.201. The number of hydrogen-bond donors (Lipinski definition) is 1. The smallest absolute Gasteiger partial charge is 0.265 e.